The van der Waals surface area contributed by atoms with Gasteiger partial charge < -0.3 is 93.3 Å². The minimum Gasteiger partial charge on any atom is -0.442 e. The number of unbranched alkanes of at least 4 members (excludes halogenated alkanes) is 6. The van der Waals surface area contributed by atoms with Crippen LogP contribution in [0.15, 0.2) is 183 Å². The number of nitrogens with zero attached hydrogens (tertiary/aromatic N) is 30. The molecule has 10 aromatic rings. The molecule has 15 rings (SSSR count). The Labute approximate surface area is 808 Å². The fourth-order valence-corrected chi connectivity index (χ4v) is 23.6. The van der Waals surface area contributed by atoms with E-state index in [1.54, 1.807) is 0 Å². The molecule has 5 aromatic heterocycles. The van der Waals surface area contributed by atoms with Gasteiger partial charge in [-0.15, -0.1) is 0 Å². The molecule has 5 radical (unpaired) electrons. The van der Waals surface area contributed by atoms with Crippen LogP contribution in [0.4, 0.5) is 58.2 Å². The summed E-state index contributed by atoms with van der Waals surface area (Å²) in [6, 6.07) is 53.5. The van der Waals surface area contributed by atoms with Gasteiger partial charge in [-0.1, -0.05) is 239 Å². The van der Waals surface area contributed by atoms with E-state index in [9.17, 15) is 0 Å². The van der Waals surface area contributed by atoms with Crippen molar-refractivity contribution in [2.45, 2.75) is 180 Å². The largest absolute Gasteiger partial charge is 0.442 e. The van der Waals surface area contributed by atoms with E-state index in [-0.39, 0.29) is 189 Å². The molecule has 5 fully saturated rings. The van der Waals surface area contributed by atoms with Crippen LogP contribution in [0.1, 0.15) is 106 Å². The maximum atomic E-state index is 4.36. The zero-order chi connectivity index (χ0) is 82.0. The summed E-state index contributed by atoms with van der Waals surface area (Å²) in [5.41, 5.74) is 6.28. The Morgan fingerprint density at radius 3 is 0.694 bits per heavy atom. The minimum absolute atomic E-state index is 0. The second-order valence-corrected chi connectivity index (χ2v) is 36.8. The standard InChI is InChI=1S/C16H26B2N6Si.C15H24B2N6Si.C14H22B2N6Si.2C13H20B2N6Si.5Pt/c1-4-5-6-10-13-22-17(2)23(15-11-8-7-9-12-15)25-24(18(22)3)16-19-14-20-21-16;1-4-5-9-12-21-16(2)22(14-10-7-6-8-11-14)24-23(17(21)3)15-18-13-19-20-15;1-4-5-11-20-15(2)21(13-9-7-6-8-10-13)23-22(16(20)3)14-17-12-18-19-14;1-11(2)19-14(3)20(12-8-6-5-7-9-12)22-21(15(19)4)13-16-10-17-18-13;1-4-10-19-14(2)20(12-8-6-5-7-9-12)22-21(15(19)3)13-16-11-17-18-13;;;;;/h7-9,11-12,14,25H,4-6,10,13H2,1-3H3;6-8,10-11,13,24H,4-5,9,12H2,1-3H3;6-10,12,23H,4-5,11H2,1-3H3;5-11,22H,1-4H3;5-9,11,22H,4,10H2,1-3H3;;;;;/q5*-1;;;;;. The summed E-state index contributed by atoms with van der Waals surface area (Å²) in [5.74, 6) is 3.68. The number of benzene rings is 5. The molecule has 0 atom stereocenters. The first-order valence-electron chi connectivity index (χ1n) is 41.6. The smallest absolute Gasteiger partial charge is 0.320 e. The van der Waals surface area contributed by atoms with Crippen LogP contribution in [0.5, 0.6) is 0 Å². The molecule has 0 saturated carbocycles. The molecule has 0 spiro atoms. The molecule has 0 bridgehead atoms. The van der Waals surface area contributed by atoms with Crippen molar-refractivity contribution in [3.05, 3.63) is 183 Å². The molecule has 5 aliphatic rings. The Morgan fingerprint density at radius 2 is 0.463 bits per heavy atom. The number of rotatable bonds is 25. The fourth-order valence-electron chi connectivity index (χ4n) is 16.0. The van der Waals surface area contributed by atoms with Crippen LogP contribution < -0.4 is 70.3 Å². The van der Waals surface area contributed by atoms with E-state index in [0.717, 1.165) is 62.3 Å². The molecule has 50 heteroatoms. The molecule has 0 unspecified atom stereocenters. The molecule has 5 aliphatic heterocycles. The topological polar surface area (TPSA) is 248 Å². The number of hydrogen-bond donors (Lipinski definition) is 0. The summed E-state index contributed by atoms with van der Waals surface area (Å²) < 4.78 is 36.5. The van der Waals surface area contributed by atoms with Gasteiger partial charge in [0.05, 0.1) is 31.6 Å². The van der Waals surface area contributed by atoms with Crippen LogP contribution in [-0.2, 0) is 105 Å². The van der Waals surface area contributed by atoms with Crippen LogP contribution >= 0.6 is 0 Å². The summed E-state index contributed by atoms with van der Waals surface area (Å²) in [5, 5.41) is 40.5. The minimum atomic E-state index is -0.137. The van der Waals surface area contributed by atoms with Crippen molar-refractivity contribution >= 4 is 177 Å². The van der Waals surface area contributed by atoms with Crippen molar-refractivity contribution < 1.29 is 105 Å². The van der Waals surface area contributed by atoms with Crippen molar-refractivity contribution in [3.63, 3.8) is 0 Å². The normalized spacial score (nSPS) is 15.6. The second-order valence-electron chi connectivity index (χ2n) is 30.1. The van der Waals surface area contributed by atoms with E-state index in [1.165, 1.54) is 118 Å². The Kier molecular flexibility index (Phi) is 46.2. The van der Waals surface area contributed by atoms with Gasteiger partial charge in [0, 0.05) is 164 Å². The molecule has 651 valence electrons. The van der Waals surface area contributed by atoms with Gasteiger partial charge in [-0.05, 0) is 119 Å². The summed E-state index contributed by atoms with van der Waals surface area (Å²) in [6.07, 6.45) is 20.0. The number of hydrogen-bond acceptors (Lipinski definition) is 25. The van der Waals surface area contributed by atoms with Gasteiger partial charge in [0.2, 0.25) is 34.9 Å². The zero-order valence-electron chi connectivity index (χ0n) is 72.5. The maximum absolute atomic E-state index is 4.36. The van der Waals surface area contributed by atoms with E-state index in [1.807, 2.05) is 0 Å². The Morgan fingerprint density at radius 1 is 0.256 bits per heavy atom. The van der Waals surface area contributed by atoms with Crippen molar-refractivity contribution in [1.29, 1.82) is 0 Å². The quantitative estimate of drug-likeness (QED) is 0.0405. The first kappa shape index (κ1) is 105. The summed E-state index contributed by atoms with van der Waals surface area (Å²) in [4.78, 5) is 21.7. The van der Waals surface area contributed by atoms with E-state index in [2.05, 4.69) is 406 Å². The third kappa shape index (κ3) is 27.2. The zero-order valence-corrected chi connectivity index (χ0v) is 89.6. The van der Waals surface area contributed by atoms with Gasteiger partial charge in [-0.25, -0.2) is 25.5 Å². The molecular formula is C71H112B10N30Pt5Si5-5. The molecule has 5 saturated heterocycles. The Balaban J connectivity index is 0.000000232. The first-order chi connectivity index (χ1) is 56.5. The van der Waals surface area contributed by atoms with Gasteiger partial charge in [-0.3, -0.25) is 25.5 Å². The van der Waals surface area contributed by atoms with Crippen molar-refractivity contribution in [2.75, 3.05) is 70.9 Å². The van der Waals surface area contributed by atoms with Gasteiger partial charge >= 0.3 is 34.9 Å². The van der Waals surface area contributed by atoms with Crippen molar-refractivity contribution in [3.8, 4) is 0 Å². The summed E-state index contributed by atoms with van der Waals surface area (Å²) in [6.45, 7) is 43.7. The average molecular weight is 2610 g/mol. The fraction of sp³-hybridized carbons (Fsp3) is 0.437. The summed E-state index contributed by atoms with van der Waals surface area (Å²) >= 11 is 0. The van der Waals surface area contributed by atoms with E-state index in [4.69, 9.17) is 0 Å². The SMILES string of the molecule is CB1N(c2ccccc2)[SiH]N(c2ncn[n-]2)B(C)N1C(C)C.CCCCCCN1B(C)N(c2ccccc2)[SiH]N(c2ncn[n-]2)B1C.CCCCCN1B(C)N(c2ccccc2)[SiH]N(c2ncn[n-]2)B1C.CCCCN1B(C)N(c2ccccc2)[SiH]N(c2ncn[n-]2)B1C.CCCN1B(C)N(c2ccccc2)[SiH]N(c2ncn[n-]2)B1C.[Pt].[Pt].[Pt].[Pt].[Pt]. The van der Waals surface area contributed by atoms with E-state index < -0.39 is 0 Å². The third-order valence-electron chi connectivity index (χ3n) is 22.4. The molecular weight excluding hydrogens is 2500 g/mol. The number of anilines is 10. The van der Waals surface area contributed by atoms with Crippen LogP contribution in [0.3, 0.4) is 0 Å². The molecule has 0 N–H and O–H groups in total. The van der Waals surface area contributed by atoms with Gasteiger partial charge in [0.25, 0.3) is 0 Å². The van der Waals surface area contributed by atoms with Crippen molar-refractivity contribution in [2.24, 2.45) is 0 Å². The van der Waals surface area contributed by atoms with Crippen LogP contribution in [0.25, 0.3) is 0 Å². The predicted octanol–water partition coefficient (Wildman–Crippen LogP) is 7.20. The summed E-state index contributed by atoms with van der Waals surface area (Å²) in [7, 11) is -0.648. The van der Waals surface area contributed by atoms with Crippen LogP contribution in [-0.4, -0.2) is 225 Å². The number of para-hydroxylation sites is 5. The van der Waals surface area contributed by atoms with Gasteiger partial charge in [-0.2, -0.15) is 0 Å². The van der Waals surface area contributed by atoms with Crippen LogP contribution in [0, 0.1) is 0 Å². The van der Waals surface area contributed by atoms with E-state index in [0.29, 0.717) is 41.0 Å². The monoisotopic (exact) mass is 2610 g/mol. The Hall–Kier alpha value is -5.22. The Bertz CT molecular complexity index is 4310. The molecule has 5 aromatic carbocycles. The van der Waals surface area contributed by atoms with Crippen molar-refractivity contribution in [1.82, 2.24) is 99.5 Å². The maximum Gasteiger partial charge on any atom is 0.320 e. The van der Waals surface area contributed by atoms with Gasteiger partial charge in [0.15, 0.2) is 49.2 Å². The third-order valence-corrected chi connectivity index (χ3v) is 31.8. The average Bonchev–Trinajstić information content (AvgIpc) is 1.79. The molecule has 121 heavy (non-hydrogen) atoms. The predicted molar refractivity (Wildman–Crippen MR) is 498 cm³/mol. The molecule has 0 amide bonds. The second kappa shape index (κ2) is 53.4. The first-order valence-corrected chi connectivity index (χ1v) is 46.8. The molecule has 30 nitrogen and oxygen atoms in total. The molecule has 0 aliphatic carbocycles. The number of aromatic nitrogens is 15. The van der Waals surface area contributed by atoms with Gasteiger partial charge in [0.1, 0.15) is 0 Å². The van der Waals surface area contributed by atoms with Crippen LogP contribution in [0.2, 0.25) is 68.2 Å². The van der Waals surface area contributed by atoms with E-state index >= 15 is 0 Å². The molecule has 10 heterocycles.